The number of nitrogens with zero attached hydrogens (tertiary/aromatic N) is 1. The van der Waals surface area contributed by atoms with Gasteiger partial charge in [-0.05, 0) is 42.9 Å². The Morgan fingerprint density at radius 3 is 2.44 bits per heavy atom. The van der Waals surface area contributed by atoms with Crippen LogP contribution in [0.1, 0.15) is 45.7 Å². The topological polar surface area (TPSA) is 3.24 Å². The Labute approximate surface area is 99.5 Å². The van der Waals surface area contributed by atoms with Crippen LogP contribution in [0.4, 0.5) is 5.69 Å². The van der Waals surface area contributed by atoms with E-state index >= 15 is 0 Å². The maximum absolute atomic E-state index is 2.52. The maximum Gasteiger partial charge on any atom is 0.0404 e. The number of rotatable bonds is 1. The predicted molar refractivity (Wildman–Crippen MR) is 71.3 cm³/mol. The van der Waals surface area contributed by atoms with Crippen molar-refractivity contribution in [3.63, 3.8) is 0 Å². The van der Waals surface area contributed by atoms with Gasteiger partial charge in [0.15, 0.2) is 0 Å². The molecule has 88 valence electrons. The first-order valence-corrected chi connectivity index (χ1v) is 6.29. The van der Waals surface area contributed by atoms with E-state index in [9.17, 15) is 0 Å². The van der Waals surface area contributed by atoms with E-state index in [1.165, 1.54) is 29.8 Å². The van der Waals surface area contributed by atoms with Gasteiger partial charge in [0.05, 0.1) is 0 Å². The van der Waals surface area contributed by atoms with E-state index in [0.29, 0.717) is 6.04 Å². The summed E-state index contributed by atoms with van der Waals surface area (Å²) in [4.78, 5) is 2.52. The molecule has 0 amide bonds. The molecular weight excluding hydrogens is 194 g/mol. The highest BCUT2D eigenvalue weighted by atomic mass is 15.2. The van der Waals surface area contributed by atoms with E-state index in [-0.39, 0.29) is 5.41 Å². The normalized spacial score (nSPS) is 15.8. The number of fused-ring (bicyclic) bond motifs is 1. The van der Waals surface area contributed by atoms with Gasteiger partial charge in [0.2, 0.25) is 0 Å². The monoisotopic (exact) mass is 217 g/mol. The lowest BCUT2D eigenvalue weighted by Gasteiger charge is -2.26. The summed E-state index contributed by atoms with van der Waals surface area (Å²) in [6.07, 6.45) is 1.21. The molecule has 1 aromatic carbocycles. The lowest BCUT2D eigenvalue weighted by molar-refractivity contribution is 0.589. The molecule has 0 atom stereocenters. The maximum atomic E-state index is 2.52. The highest BCUT2D eigenvalue weighted by Crippen LogP contribution is 2.34. The molecule has 1 nitrogen and oxygen atoms in total. The lowest BCUT2D eigenvalue weighted by Crippen LogP contribution is -2.28. The van der Waals surface area contributed by atoms with E-state index in [1.54, 1.807) is 0 Å². The predicted octanol–water partition coefficient (Wildman–Crippen LogP) is 3.76. The van der Waals surface area contributed by atoms with Crippen molar-refractivity contribution in [1.29, 1.82) is 0 Å². The summed E-state index contributed by atoms with van der Waals surface area (Å²) < 4.78 is 0. The minimum atomic E-state index is 0.250. The van der Waals surface area contributed by atoms with Crippen LogP contribution in [-0.4, -0.2) is 12.6 Å². The first-order valence-electron chi connectivity index (χ1n) is 6.29. The van der Waals surface area contributed by atoms with Gasteiger partial charge < -0.3 is 4.90 Å². The Morgan fingerprint density at radius 1 is 1.19 bits per heavy atom. The minimum Gasteiger partial charge on any atom is -0.369 e. The molecule has 0 saturated heterocycles. The quantitative estimate of drug-likeness (QED) is 0.692. The van der Waals surface area contributed by atoms with Gasteiger partial charge in [0.25, 0.3) is 0 Å². The first kappa shape index (κ1) is 11.5. The van der Waals surface area contributed by atoms with Crippen LogP contribution < -0.4 is 4.90 Å². The third kappa shape index (κ3) is 1.95. The molecule has 1 heteroatoms. The second kappa shape index (κ2) is 3.80. The van der Waals surface area contributed by atoms with Crippen LogP contribution in [0.15, 0.2) is 18.2 Å². The van der Waals surface area contributed by atoms with Crippen molar-refractivity contribution in [3.8, 4) is 0 Å². The van der Waals surface area contributed by atoms with Crippen LogP contribution in [0.2, 0.25) is 0 Å². The summed E-state index contributed by atoms with van der Waals surface area (Å²) >= 11 is 0. The van der Waals surface area contributed by atoms with Crippen LogP contribution in [0.5, 0.6) is 0 Å². The summed E-state index contributed by atoms with van der Waals surface area (Å²) in [5.41, 5.74) is 4.67. The van der Waals surface area contributed by atoms with Gasteiger partial charge in [-0.25, -0.2) is 0 Å². The zero-order valence-corrected chi connectivity index (χ0v) is 11.2. The van der Waals surface area contributed by atoms with Gasteiger partial charge in [-0.15, -0.1) is 0 Å². The molecule has 1 heterocycles. The summed E-state index contributed by atoms with van der Waals surface area (Å²) in [7, 11) is 0. The summed E-state index contributed by atoms with van der Waals surface area (Å²) in [5.74, 6) is 0. The van der Waals surface area contributed by atoms with E-state index in [0.717, 1.165) is 0 Å². The molecular formula is C15H23N. The van der Waals surface area contributed by atoms with E-state index < -0.39 is 0 Å². The van der Waals surface area contributed by atoms with Gasteiger partial charge >= 0.3 is 0 Å². The number of anilines is 1. The number of hydrogen-bond donors (Lipinski definition) is 0. The molecule has 2 rings (SSSR count). The van der Waals surface area contributed by atoms with Crippen LogP contribution in [0, 0.1) is 0 Å². The van der Waals surface area contributed by atoms with Gasteiger partial charge in [-0.1, -0.05) is 32.9 Å². The highest BCUT2D eigenvalue weighted by molar-refractivity contribution is 5.60. The molecule has 1 aromatic rings. The summed E-state index contributed by atoms with van der Waals surface area (Å²) in [5, 5.41) is 0. The fourth-order valence-electron chi connectivity index (χ4n) is 2.41. The highest BCUT2D eigenvalue weighted by Gasteiger charge is 2.23. The number of hydrogen-bond acceptors (Lipinski definition) is 1. The van der Waals surface area contributed by atoms with Crippen molar-refractivity contribution in [3.05, 3.63) is 29.3 Å². The molecule has 1 aliphatic heterocycles. The summed E-state index contributed by atoms with van der Waals surface area (Å²) in [6, 6.07) is 7.61. The molecule has 0 radical (unpaired) electrons. The number of benzene rings is 1. The lowest BCUT2D eigenvalue weighted by atomic mass is 9.86. The van der Waals surface area contributed by atoms with Crippen molar-refractivity contribution in [1.82, 2.24) is 0 Å². The SMILES string of the molecule is CC(C)N1CCc2ccc(C(C)(C)C)cc21. The zero-order valence-electron chi connectivity index (χ0n) is 11.2. The Balaban J connectivity index is 2.41. The third-order valence-corrected chi connectivity index (χ3v) is 3.51. The molecule has 0 bridgehead atoms. The van der Waals surface area contributed by atoms with Gasteiger partial charge in [-0.2, -0.15) is 0 Å². The van der Waals surface area contributed by atoms with Crippen LogP contribution >= 0.6 is 0 Å². The largest absolute Gasteiger partial charge is 0.369 e. The fraction of sp³-hybridized carbons (Fsp3) is 0.600. The molecule has 0 N–H and O–H groups in total. The second-order valence-electron chi connectivity index (χ2n) is 6.13. The van der Waals surface area contributed by atoms with Crippen LogP contribution in [0.3, 0.4) is 0 Å². The molecule has 1 aliphatic rings. The van der Waals surface area contributed by atoms with Gasteiger partial charge in [0.1, 0.15) is 0 Å². The second-order valence-corrected chi connectivity index (χ2v) is 6.13. The molecule has 0 aromatic heterocycles. The van der Waals surface area contributed by atoms with E-state index in [1.807, 2.05) is 0 Å². The van der Waals surface area contributed by atoms with Crippen molar-refractivity contribution < 1.29 is 0 Å². The Hall–Kier alpha value is -0.980. The average molecular weight is 217 g/mol. The zero-order chi connectivity index (χ0) is 11.9. The molecule has 0 saturated carbocycles. The first-order chi connectivity index (χ1) is 7.39. The van der Waals surface area contributed by atoms with Crippen LogP contribution in [0.25, 0.3) is 0 Å². The molecule has 0 aliphatic carbocycles. The molecule has 16 heavy (non-hydrogen) atoms. The van der Waals surface area contributed by atoms with E-state index in [2.05, 4.69) is 57.7 Å². The average Bonchev–Trinajstić information content (AvgIpc) is 2.58. The molecule has 0 fully saturated rings. The van der Waals surface area contributed by atoms with Gasteiger partial charge in [0, 0.05) is 18.3 Å². The Kier molecular flexibility index (Phi) is 2.73. The van der Waals surface area contributed by atoms with E-state index in [4.69, 9.17) is 0 Å². The third-order valence-electron chi connectivity index (χ3n) is 3.51. The van der Waals surface area contributed by atoms with Crippen LogP contribution in [-0.2, 0) is 11.8 Å². The standard InChI is InChI=1S/C15H23N/c1-11(2)16-9-8-12-6-7-13(10-14(12)16)15(3,4)5/h6-7,10-11H,8-9H2,1-5H3. The molecule has 0 unspecified atom stereocenters. The smallest absolute Gasteiger partial charge is 0.0404 e. The molecule has 0 spiro atoms. The summed E-state index contributed by atoms with van der Waals surface area (Å²) in [6.45, 7) is 12.6. The fourth-order valence-corrected chi connectivity index (χ4v) is 2.41. The Morgan fingerprint density at radius 2 is 1.88 bits per heavy atom. The van der Waals surface area contributed by atoms with Crippen molar-refractivity contribution in [2.24, 2.45) is 0 Å². The Bertz CT molecular complexity index is 385. The van der Waals surface area contributed by atoms with Gasteiger partial charge in [-0.3, -0.25) is 0 Å². The van der Waals surface area contributed by atoms with Crippen molar-refractivity contribution in [2.45, 2.75) is 52.5 Å². The van der Waals surface area contributed by atoms with Crippen molar-refractivity contribution in [2.75, 3.05) is 11.4 Å². The van der Waals surface area contributed by atoms with Crippen molar-refractivity contribution >= 4 is 5.69 Å². The minimum absolute atomic E-state index is 0.250.